The zero-order chi connectivity index (χ0) is 22.2. The van der Waals surface area contributed by atoms with Crippen LogP contribution in [0.1, 0.15) is 25.2 Å². The van der Waals surface area contributed by atoms with Crippen LogP contribution in [0.2, 0.25) is 0 Å². The molecule has 164 valence electrons. The molecular formula is C23H28FN5O2. The summed E-state index contributed by atoms with van der Waals surface area (Å²) in [5, 5.41) is 6.44. The first-order chi connectivity index (χ1) is 15.0. The van der Waals surface area contributed by atoms with Crippen LogP contribution in [0.25, 0.3) is 5.69 Å². The minimum Gasteiger partial charge on any atom is -0.493 e. The van der Waals surface area contributed by atoms with Gasteiger partial charge in [-0.2, -0.15) is 0 Å². The number of anilines is 1. The van der Waals surface area contributed by atoms with Crippen molar-refractivity contribution in [3.63, 3.8) is 0 Å². The normalized spacial score (nSPS) is 11.3. The Morgan fingerprint density at radius 1 is 1.16 bits per heavy atom. The Kier molecular flexibility index (Phi) is 7.48. The van der Waals surface area contributed by atoms with Crippen molar-refractivity contribution in [2.75, 3.05) is 25.6 Å². The fourth-order valence-electron chi connectivity index (χ4n) is 3.11. The highest BCUT2D eigenvalue weighted by molar-refractivity contribution is 5.93. The predicted octanol–water partition coefficient (Wildman–Crippen LogP) is 4.30. The molecule has 0 fully saturated rings. The van der Waals surface area contributed by atoms with Crippen LogP contribution in [-0.4, -0.2) is 35.8 Å². The summed E-state index contributed by atoms with van der Waals surface area (Å²) in [6.45, 7) is 7.31. The lowest BCUT2D eigenvalue weighted by molar-refractivity contribution is 0.311. The van der Waals surface area contributed by atoms with Gasteiger partial charge in [-0.15, -0.1) is 0 Å². The second-order valence-corrected chi connectivity index (χ2v) is 6.75. The Hall–Kier alpha value is -3.55. The van der Waals surface area contributed by atoms with Crippen LogP contribution in [0, 0.1) is 12.7 Å². The van der Waals surface area contributed by atoms with E-state index in [1.165, 1.54) is 6.07 Å². The Morgan fingerprint density at radius 3 is 2.65 bits per heavy atom. The molecule has 0 amide bonds. The fraction of sp³-hybridized carbons (Fsp3) is 0.304. The van der Waals surface area contributed by atoms with Gasteiger partial charge >= 0.3 is 0 Å². The predicted molar refractivity (Wildman–Crippen MR) is 121 cm³/mol. The van der Waals surface area contributed by atoms with Gasteiger partial charge in [0.15, 0.2) is 17.5 Å². The molecule has 31 heavy (non-hydrogen) atoms. The van der Waals surface area contributed by atoms with E-state index >= 15 is 0 Å². The first-order valence-electron chi connectivity index (χ1n) is 10.2. The minimum atomic E-state index is -0.317. The molecule has 3 rings (SSSR count). The number of nitrogens with zero attached hydrogens (tertiary/aromatic N) is 3. The molecule has 0 saturated heterocycles. The molecule has 2 N–H and O–H groups in total. The maximum Gasteiger partial charge on any atom is 0.196 e. The largest absolute Gasteiger partial charge is 0.493 e. The van der Waals surface area contributed by atoms with Crippen molar-refractivity contribution >= 4 is 11.6 Å². The van der Waals surface area contributed by atoms with Gasteiger partial charge in [0.05, 0.1) is 25.9 Å². The molecule has 7 nitrogen and oxygen atoms in total. The molecule has 2 aromatic carbocycles. The Labute approximate surface area is 181 Å². The molecule has 0 atom stereocenters. The fourth-order valence-corrected chi connectivity index (χ4v) is 3.11. The SMILES string of the molecule is CCNC(=NCc1ccc(-n2ccnc2C)c(F)c1)Nc1ccc(OCC)c(OC)c1. The summed E-state index contributed by atoms with van der Waals surface area (Å²) in [5.74, 6) is 2.32. The van der Waals surface area contributed by atoms with Crippen LogP contribution in [0.4, 0.5) is 10.1 Å². The topological polar surface area (TPSA) is 72.7 Å². The van der Waals surface area contributed by atoms with E-state index < -0.39 is 0 Å². The number of aryl methyl sites for hydroxylation is 1. The number of benzene rings is 2. The molecule has 0 aliphatic heterocycles. The van der Waals surface area contributed by atoms with E-state index in [0.29, 0.717) is 42.8 Å². The maximum absolute atomic E-state index is 14.6. The Balaban J connectivity index is 1.75. The van der Waals surface area contributed by atoms with Gasteiger partial charge in [-0.25, -0.2) is 14.4 Å². The van der Waals surface area contributed by atoms with Crippen LogP contribution in [0.3, 0.4) is 0 Å². The summed E-state index contributed by atoms with van der Waals surface area (Å²) >= 11 is 0. The van der Waals surface area contributed by atoms with Crippen LogP contribution in [0.15, 0.2) is 53.8 Å². The number of hydrogen-bond acceptors (Lipinski definition) is 4. The number of ether oxygens (including phenoxy) is 2. The van der Waals surface area contributed by atoms with E-state index in [-0.39, 0.29) is 5.82 Å². The van der Waals surface area contributed by atoms with Gasteiger partial charge in [0.2, 0.25) is 0 Å². The Morgan fingerprint density at radius 2 is 2.00 bits per heavy atom. The first kappa shape index (κ1) is 22.1. The van der Waals surface area contributed by atoms with Gasteiger partial charge in [0.1, 0.15) is 11.6 Å². The zero-order valence-electron chi connectivity index (χ0n) is 18.3. The molecule has 1 aromatic heterocycles. The lowest BCUT2D eigenvalue weighted by Gasteiger charge is -2.14. The summed E-state index contributed by atoms with van der Waals surface area (Å²) in [6, 6.07) is 10.7. The molecule has 3 aromatic rings. The van der Waals surface area contributed by atoms with Gasteiger partial charge < -0.3 is 24.7 Å². The van der Waals surface area contributed by atoms with Crippen LogP contribution in [-0.2, 0) is 6.54 Å². The van der Waals surface area contributed by atoms with E-state index in [2.05, 4.69) is 20.6 Å². The van der Waals surface area contributed by atoms with E-state index in [1.54, 1.807) is 30.1 Å². The summed E-state index contributed by atoms with van der Waals surface area (Å²) in [5.41, 5.74) is 2.03. The summed E-state index contributed by atoms with van der Waals surface area (Å²) in [7, 11) is 1.60. The van der Waals surface area contributed by atoms with E-state index in [1.807, 2.05) is 45.0 Å². The molecule has 0 unspecified atom stereocenters. The number of rotatable bonds is 8. The van der Waals surface area contributed by atoms with E-state index in [4.69, 9.17) is 9.47 Å². The average molecular weight is 426 g/mol. The highest BCUT2D eigenvalue weighted by atomic mass is 19.1. The van der Waals surface area contributed by atoms with E-state index in [0.717, 1.165) is 17.1 Å². The summed E-state index contributed by atoms with van der Waals surface area (Å²) in [4.78, 5) is 8.73. The molecule has 0 radical (unpaired) electrons. The van der Waals surface area contributed by atoms with Crippen LogP contribution >= 0.6 is 0 Å². The lowest BCUT2D eigenvalue weighted by Crippen LogP contribution is -2.30. The number of hydrogen-bond donors (Lipinski definition) is 2. The third kappa shape index (κ3) is 5.53. The van der Waals surface area contributed by atoms with Crippen molar-refractivity contribution in [3.05, 3.63) is 66.0 Å². The molecule has 0 spiro atoms. The number of halogens is 1. The molecule has 0 aliphatic carbocycles. The number of imidazole rings is 1. The van der Waals surface area contributed by atoms with Crippen LogP contribution in [0.5, 0.6) is 11.5 Å². The highest BCUT2D eigenvalue weighted by Gasteiger charge is 2.09. The maximum atomic E-state index is 14.6. The molecule has 8 heteroatoms. The van der Waals surface area contributed by atoms with Gasteiger partial charge in [-0.1, -0.05) is 6.07 Å². The first-order valence-corrected chi connectivity index (χ1v) is 10.2. The van der Waals surface area contributed by atoms with Crippen molar-refractivity contribution in [2.45, 2.75) is 27.3 Å². The third-order valence-electron chi connectivity index (χ3n) is 4.59. The van der Waals surface area contributed by atoms with E-state index in [9.17, 15) is 4.39 Å². The number of aromatic nitrogens is 2. The molecule has 1 heterocycles. The van der Waals surface area contributed by atoms with Gasteiger partial charge in [0.25, 0.3) is 0 Å². The van der Waals surface area contributed by atoms with Crippen molar-refractivity contribution in [2.24, 2.45) is 4.99 Å². The minimum absolute atomic E-state index is 0.317. The van der Waals surface area contributed by atoms with Gasteiger partial charge in [-0.05, 0) is 50.6 Å². The van der Waals surface area contributed by atoms with Gasteiger partial charge in [0, 0.05) is 30.7 Å². The molecule has 0 saturated carbocycles. The molecule has 0 bridgehead atoms. The van der Waals surface area contributed by atoms with Crippen molar-refractivity contribution < 1.29 is 13.9 Å². The number of methoxy groups -OCH3 is 1. The third-order valence-corrected chi connectivity index (χ3v) is 4.59. The molecule has 0 aliphatic rings. The lowest BCUT2D eigenvalue weighted by atomic mass is 10.2. The quantitative estimate of drug-likeness (QED) is 0.416. The van der Waals surface area contributed by atoms with Gasteiger partial charge in [-0.3, -0.25) is 0 Å². The van der Waals surface area contributed by atoms with Crippen molar-refractivity contribution in [1.29, 1.82) is 0 Å². The standard InChI is InChI=1S/C23H28FN5O2/c1-5-25-23(28-18-8-10-21(31-6-2)22(14-18)30-4)27-15-17-7-9-20(19(24)13-17)29-12-11-26-16(29)3/h7-14H,5-6,15H2,1-4H3,(H2,25,27,28). The smallest absolute Gasteiger partial charge is 0.196 e. The summed E-state index contributed by atoms with van der Waals surface area (Å²) < 4.78 is 27.3. The monoisotopic (exact) mass is 425 g/mol. The molecular weight excluding hydrogens is 397 g/mol. The average Bonchev–Trinajstić information content (AvgIpc) is 3.19. The van der Waals surface area contributed by atoms with Crippen LogP contribution < -0.4 is 20.1 Å². The second-order valence-electron chi connectivity index (χ2n) is 6.75. The Bertz CT molecular complexity index is 1050. The van der Waals surface area contributed by atoms with Crippen molar-refractivity contribution in [3.8, 4) is 17.2 Å². The summed E-state index contributed by atoms with van der Waals surface area (Å²) in [6.07, 6.45) is 3.39. The number of nitrogens with one attached hydrogen (secondary N) is 2. The highest BCUT2D eigenvalue weighted by Crippen LogP contribution is 2.30. The van der Waals surface area contributed by atoms with Crippen molar-refractivity contribution in [1.82, 2.24) is 14.9 Å². The second kappa shape index (κ2) is 10.5. The zero-order valence-corrected chi connectivity index (χ0v) is 18.3. The number of aliphatic imine (C=N–C) groups is 1. The number of guanidine groups is 1.